The fourth-order valence-electron chi connectivity index (χ4n) is 0.983. The predicted octanol–water partition coefficient (Wildman–Crippen LogP) is 3.18. The Morgan fingerprint density at radius 1 is 1.57 bits per heavy atom. The van der Waals surface area contributed by atoms with Crippen LogP contribution in [-0.2, 0) is 0 Å². The molecule has 1 aromatic rings. The second-order valence-electron chi connectivity index (χ2n) is 2.63. The van der Waals surface area contributed by atoms with Gasteiger partial charge in [0.05, 0.1) is 10.9 Å². The monoisotopic (exact) mass is 254 g/mol. The van der Waals surface area contributed by atoms with Gasteiger partial charge in [-0.2, -0.15) is 0 Å². The summed E-state index contributed by atoms with van der Waals surface area (Å²) in [6.07, 6.45) is 0.124. The van der Waals surface area contributed by atoms with Gasteiger partial charge < -0.3 is 0 Å². The molecule has 0 N–H and O–H groups in total. The minimum Gasteiger partial charge on any atom is -0.293 e. The number of Topliss-reactive ketones (excluding diaryl/α,β-unsaturated/α-hetero) is 1. The molecule has 0 atom stereocenters. The summed E-state index contributed by atoms with van der Waals surface area (Å²) < 4.78 is 13.2. The van der Waals surface area contributed by atoms with E-state index in [1.807, 2.05) is 0 Å². The summed E-state index contributed by atoms with van der Waals surface area (Å²) in [6, 6.07) is 4.38. The van der Waals surface area contributed by atoms with Gasteiger partial charge in [0, 0.05) is 5.56 Å². The minimum atomic E-state index is -0.430. The number of rotatable bonds is 2. The van der Waals surface area contributed by atoms with Crippen molar-refractivity contribution in [2.45, 2.75) is 13.3 Å². The quantitative estimate of drug-likeness (QED) is 0.586. The Kier molecular flexibility index (Phi) is 3.84. The van der Waals surface area contributed by atoms with Crippen LogP contribution in [0, 0.1) is 17.7 Å². The van der Waals surface area contributed by atoms with Crippen molar-refractivity contribution in [1.29, 1.82) is 0 Å². The molecule has 0 aliphatic heterocycles. The largest absolute Gasteiger partial charge is 0.293 e. The van der Waals surface area contributed by atoms with Gasteiger partial charge in [-0.15, -0.1) is 5.92 Å². The van der Waals surface area contributed by atoms with E-state index in [1.54, 1.807) is 13.0 Å². The summed E-state index contributed by atoms with van der Waals surface area (Å²) in [5.41, 5.74) is 0.341. The molecule has 1 nitrogen and oxygen atoms in total. The third kappa shape index (κ3) is 2.43. The first-order valence-electron chi connectivity index (χ1n) is 4.03. The van der Waals surface area contributed by atoms with Crippen molar-refractivity contribution in [2.75, 3.05) is 0 Å². The van der Waals surface area contributed by atoms with Gasteiger partial charge in [-0.25, -0.2) is 4.39 Å². The molecule has 14 heavy (non-hydrogen) atoms. The maximum Gasteiger partial charge on any atom is 0.175 e. The maximum atomic E-state index is 13.0. The van der Waals surface area contributed by atoms with Crippen LogP contribution in [0.5, 0.6) is 0 Å². The number of carbonyl (C=O) groups is 1. The van der Waals surface area contributed by atoms with Gasteiger partial charge in [-0.1, -0.05) is 18.1 Å². The van der Waals surface area contributed by atoms with Crippen LogP contribution >= 0.6 is 15.9 Å². The Balaban J connectivity index is 2.99. The van der Waals surface area contributed by atoms with Crippen molar-refractivity contribution in [3.05, 3.63) is 34.1 Å². The Morgan fingerprint density at radius 2 is 2.29 bits per heavy atom. The fraction of sp³-hybridized carbons (Fsp3) is 0.182. The molecule has 0 radical (unpaired) electrons. The molecule has 0 fully saturated rings. The minimum absolute atomic E-state index is 0.124. The SMILES string of the molecule is CC#CCC(=O)c1cccc(F)c1Br. The van der Waals surface area contributed by atoms with Crippen LogP contribution < -0.4 is 0 Å². The van der Waals surface area contributed by atoms with E-state index in [2.05, 4.69) is 27.8 Å². The van der Waals surface area contributed by atoms with E-state index in [0.29, 0.717) is 5.56 Å². The molecule has 1 rings (SSSR count). The highest BCUT2D eigenvalue weighted by atomic mass is 79.9. The van der Waals surface area contributed by atoms with Gasteiger partial charge in [0.2, 0.25) is 0 Å². The molecule has 1 aromatic carbocycles. The van der Waals surface area contributed by atoms with Crippen molar-refractivity contribution in [3.8, 4) is 11.8 Å². The van der Waals surface area contributed by atoms with E-state index in [1.165, 1.54) is 12.1 Å². The van der Waals surface area contributed by atoms with Crippen molar-refractivity contribution in [2.24, 2.45) is 0 Å². The Bertz CT molecular complexity index is 415. The summed E-state index contributed by atoms with van der Waals surface area (Å²) in [7, 11) is 0. The summed E-state index contributed by atoms with van der Waals surface area (Å²) in [4.78, 5) is 11.5. The standard InChI is InChI=1S/C11H8BrFO/c1-2-3-7-10(14)8-5-4-6-9(13)11(8)12/h4-6H,7H2,1H3. The van der Waals surface area contributed by atoms with Crippen molar-refractivity contribution >= 4 is 21.7 Å². The number of halogens is 2. The van der Waals surface area contributed by atoms with Crippen molar-refractivity contribution in [1.82, 2.24) is 0 Å². The summed E-state index contributed by atoms with van der Waals surface area (Å²) in [6.45, 7) is 1.66. The van der Waals surface area contributed by atoms with E-state index in [0.717, 1.165) is 0 Å². The molecule has 72 valence electrons. The molecular formula is C11H8BrFO. The number of carbonyl (C=O) groups excluding carboxylic acids is 1. The van der Waals surface area contributed by atoms with Crippen molar-refractivity contribution in [3.63, 3.8) is 0 Å². The van der Waals surface area contributed by atoms with Gasteiger partial charge >= 0.3 is 0 Å². The molecule has 0 saturated carbocycles. The van der Waals surface area contributed by atoms with E-state index in [9.17, 15) is 9.18 Å². The Hall–Kier alpha value is -1.14. The topological polar surface area (TPSA) is 17.1 Å². The first-order valence-corrected chi connectivity index (χ1v) is 4.83. The molecule has 3 heteroatoms. The van der Waals surface area contributed by atoms with Gasteiger partial charge in [0.1, 0.15) is 5.82 Å². The molecule has 0 aliphatic carbocycles. The lowest BCUT2D eigenvalue weighted by molar-refractivity contribution is 0.0997. The lowest BCUT2D eigenvalue weighted by Crippen LogP contribution is -1.99. The highest BCUT2D eigenvalue weighted by molar-refractivity contribution is 9.10. The van der Waals surface area contributed by atoms with Crippen LogP contribution in [0.4, 0.5) is 4.39 Å². The average molecular weight is 255 g/mol. The summed E-state index contributed by atoms with van der Waals surface area (Å²) in [5.74, 6) is 4.67. The molecule has 0 unspecified atom stereocenters. The molecule has 0 aliphatic rings. The zero-order valence-corrected chi connectivity index (χ0v) is 9.19. The van der Waals surface area contributed by atoms with Crippen molar-refractivity contribution < 1.29 is 9.18 Å². The first kappa shape index (κ1) is 10.9. The molecule has 0 amide bonds. The number of hydrogen-bond donors (Lipinski definition) is 0. The highest BCUT2D eigenvalue weighted by Crippen LogP contribution is 2.21. The molecule has 0 saturated heterocycles. The Labute approximate surface area is 90.4 Å². The number of hydrogen-bond acceptors (Lipinski definition) is 1. The van der Waals surface area contributed by atoms with E-state index in [-0.39, 0.29) is 16.7 Å². The normalized spacial score (nSPS) is 9.07. The molecule has 0 aromatic heterocycles. The molecular weight excluding hydrogens is 247 g/mol. The molecule has 0 heterocycles. The first-order chi connectivity index (χ1) is 6.66. The zero-order chi connectivity index (χ0) is 10.6. The van der Waals surface area contributed by atoms with E-state index < -0.39 is 5.82 Å². The highest BCUT2D eigenvalue weighted by Gasteiger charge is 2.11. The fourth-order valence-corrected chi connectivity index (χ4v) is 1.47. The van der Waals surface area contributed by atoms with Gasteiger partial charge in [-0.05, 0) is 28.9 Å². The summed E-state index contributed by atoms with van der Waals surface area (Å²) >= 11 is 3.03. The second-order valence-corrected chi connectivity index (χ2v) is 3.42. The van der Waals surface area contributed by atoms with E-state index >= 15 is 0 Å². The maximum absolute atomic E-state index is 13.0. The summed E-state index contributed by atoms with van der Waals surface area (Å²) in [5, 5.41) is 0. The van der Waals surface area contributed by atoms with Crippen LogP contribution in [-0.4, -0.2) is 5.78 Å². The molecule has 0 spiro atoms. The smallest absolute Gasteiger partial charge is 0.175 e. The van der Waals surface area contributed by atoms with Crippen LogP contribution in [0.1, 0.15) is 23.7 Å². The van der Waals surface area contributed by atoms with Gasteiger partial charge in [-0.3, -0.25) is 4.79 Å². The van der Waals surface area contributed by atoms with Crippen LogP contribution in [0.2, 0.25) is 0 Å². The third-order valence-corrected chi connectivity index (χ3v) is 2.48. The van der Waals surface area contributed by atoms with Crippen LogP contribution in [0.3, 0.4) is 0 Å². The lowest BCUT2D eigenvalue weighted by Gasteiger charge is -2.01. The lowest BCUT2D eigenvalue weighted by atomic mass is 10.1. The third-order valence-electron chi connectivity index (χ3n) is 1.68. The number of benzene rings is 1. The van der Waals surface area contributed by atoms with Crippen LogP contribution in [0.15, 0.2) is 22.7 Å². The Morgan fingerprint density at radius 3 is 2.93 bits per heavy atom. The zero-order valence-electron chi connectivity index (χ0n) is 7.60. The average Bonchev–Trinajstić information content (AvgIpc) is 2.18. The van der Waals surface area contributed by atoms with Gasteiger partial charge in [0.15, 0.2) is 5.78 Å². The van der Waals surface area contributed by atoms with E-state index in [4.69, 9.17) is 0 Å². The number of ketones is 1. The second kappa shape index (κ2) is 4.92. The van der Waals surface area contributed by atoms with Gasteiger partial charge in [0.25, 0.3) is 0 Å². The predicted molar refractivity (Wildman–Crippen MR) is 56.5 cm³/mol. The van der Waals surface area contributed by atoms with Crippen LogP contribution in [0.25, 0.3) is 0 Å². The molecule has 0 bridgehead atoms.